The molecule has 0 aliphatic carbocycles. The predicted octanol–water partition coefficient (Wildman–Crippen LogP) is 2.14. The Hall–Kier alpha value is -3.09. The average molecular weight is 518 g/mol. The van der Waals surface area contributed by atoms with E-state index in [1.54, 1.807) is 30.7 Å². The molecule has 1 aliphatic heterocycles. The fraction of sp³-hybridized carbons (Fsp3) is 0.348. The number of sulfonamides is 1. The lowest BCUT2D eigenvalue weighted by Gasteiger charge is -2.38. The summed E-state index contributed by atoms with van der Waals surface area (Å²) in [6.07, 6.45) is 7.04. The normalized spacial score (nSPS) is 15.3. The van der Waals surface area contributed by atoms with Gasteiger partial charge in [0, 0.05) is 56.6 Å². The minimum absolute atomic E-state index is 0.0371. The van der Waals surface area contributed by atoms with E-state index in [1.165, 1.54) is 35.7 Å². The second-order valence-electron chi connectivity index (χ2n) is 8.28. The molecule has 0 spiro atoms. The van der Waals surface area contributed by atoms with Crippen molar-refractivity contribution in [1.29, 1.82) is 0 Å². The quantitative estimate of drug-likeness (QED) is 0.442. The molecule has 0 bridgehead atoms. The lowest BCUT2D eigenvalue weighted by molar-refractivity contribution is 0.267. The number of ether oxygens (including phenoxy) is 1. The van der Waals surface area contributed by atoms with E-state index in [1.807, 2.05) is 11.0 Å². The molecule has 186 valence electrons. The number of anilines is 1. The highest BCUT2D eigenvalue weighted by Gasteiger charge is 2.35. The monoisotopic (exact) mass is 517 g/mol. The van der Waals surface area contributed by atoms with Gasteiger partial charge in [-0.1, -0.05) is 12.1 Å². The third kappa shape index (κ3) is 5.77. The first-order chi connectivity index (χ1) is 16.7. The number of hydrogen-bond acceptors (Lipinski definition) is 9. The summed E-state index contributed by atoms with van der Waals surface area (Å²) < 4.78 is 58.3. The zero-order chi connectivity index (χ0) is 25.1. The van der Waals surface area contributed by atoms with E-state index in [0.29, 0.717) is 37.8 Å². The third-order valence-electron chi connectivity index (χ3n) is 5.88. The molecule has 1 aromatic carbocycles. The molecule has 0 radical (unpaired) electrons. The molecule has 0 atom stereocenters. The smallest absolute Gasteiger partial charge is 0.243 e. The Morgan fingerprint density at radius 3 is 2.43 bits per heavy atom. The number of rotatable bonds is 8. The Morgan fingerprint density at radius 1 is 1.03 bits per heavy atom. The van der Waals surface area contributed by atoms with Crippen molar-refractivity contribution in [1.82, 2.24) is 19.3 Å². The van der Waals surface area contributed by atoms with Crippen molar-refractivity contribution in [2.45, 2.75) is 35.2 Å². The maximum absolute atomic E-state index is 13.8. The van der Waals surface area contributed by atoms with Crippen molar-refractivity contribution < 1.29 is 21.6 Å². The number of nitrogens with zero attached hydrogens (tertiary/aromatic N) is 5. The topological polar surface area (TPSA) is 123 Å². The van der Waals surface area contributed by atoms with Crippen LogP contribution < -0.4 is 9.64 Å². The maximum Gasteiger partial charge on any atom is 0.243 e. The molecule has 12 heteroatoms. The molecule has 2 aromatic heterocycles. The van der Waals surface area contributed by atoms with E-state index in [0.717, 1.165) is 11.8 Å². The number of methoxy groups -OCH3 is 1. The molecule has 1 fully saturated rings. The molecular formula is C23H27N5O5S2. The van der Waals surface area contributed by atoms with Crippen molar-refractivity contribution >= 4 is 25.8 Å². The Labute approximate surface area is 205 Å². The summed E-state index contributed by atoms with van der Waals surface area (Å²) in [4.78, 5) is 14.7. The van der Waals surface area contributed by atoms with Crippen molar-refractivity contribution in [3.8, 4) is 5.88 Å². The SMILES string of the molecule is COc1ccnc(N2CCC(N(Cc3cccnc3)S(=O)(=O)c3cccc(S(C)(=O)=O)c3)CC2)n1. The number of hydrogen-bond donors (Lipinski definition) is 0. The summed E-state index contributed by atoms with van der Waals surface area (Å²) in [5.74, 6) is 0.994. The maximum atomic E-state index is 13.8. The van der Waals surface area contributed by atoms with Crippen LogP contribution in [0.15, 0.2) is 70.8 Å². The Kier molecular flexibility index (Phi) is 7.33. The van der Waals surface area contributed by atoms with Gasteiger partial charge in [-0.25, -0.2) is 21.8 Å². The fourth-order valence-electron chi connectivity index (χ4n) is 4.03. The molecule has 1 saturated heterocycles. The summed E-state index contributed by atoms with van der Waals surface area (Å²) in [7, 11) is -6.03. The van der Waals surface area contributed by atoms with Crippen LogP contribution in [0, 0.1) is 0 Å². The molecule has 3 heterocycles. The molecule has 4 rings (SSSR count). The van der Waals surface area contributed by atoms with Crippen LogP contribution >= 0.6 is 0 Å². The second-order valence-corrected chi connectivity index (χ2v) is 12.2. The third-order valence-corrected chi connectivity index (χ3v) is 8.89. The highest BCUT2D eigenvalue weighted by molar-refractivity contribution is 7.91. The first-order valence-electron chi connectivity index (χ1n) is 11.0. The van der Waals surface area contributed by atoms with Crippen molar-refractivity contribution in [2.24, 2.45) is 0 Å². The summed E-state index contributed by atoms with van der Waals surface area (Å²) >= 11 is 0. The van der Waals surface area contributed by atoms with Gasteiger partial charge in [-0.15, -0.1) is 0 Å². The largest absolute Gasteiger partial charge is 0.481 e. The van der Waals surface area contributed by atoms with E-state index < -0.39 is 19.9 Å². The average Bonchev–Trinajstić information content (AvgIpc) is 2.87. The number of aromatic nitrogens is 3. The lowest BCUT2D eigenvalue weighted by Crippen LogP contribution is -2.47. The molecule has 0 N–H and O–H groups in total. The zero-order valence-electron chi connectivity index (χ0n) is 19.5. The zero-order valence-corrected chi connectivity index (χ0v) is 21.1. The Balaban J connectivity index is 1.63. The van der Waals surface area contributed by atoms with Crippen molar-refractivity contribution in [3.63, 3.8) is 0 Å². The molecular weight excluding hydrogens is 490 g/mol. The standard InChI is InChI=1S/C23H27N5O5S2/c1-33-22-8-12-25-23(26-22)27-13-9-19(10-14-27)28(17-18-5-4-11-24-16-18)35(31,32)21-7-3-6-20(15-21)34(2,29)30/h3-8,11-12,15-16,19H,9-10,13-14,17H2,1-2H3. The molecule has 0 unspecified atom stereocenters. The van der Waals surface area contributed by atoms with Gasteiger partial charge in [-0.2, -0.15) is 9.29 Å². The van der Waals surface area contributed by atoms with Crippen LogP contribution in [-0.2, 0) is 26.4 Å². The van der Waals surface area contributed by atoms with Crippen LogP contribution in [0.3, 0.4) is 0 Å². The van der Waals surface area contributed by atoms with E-state index >= 15 is 0 Å². The highest BCUT2D eigenvalue weighted by Crippen LogP contribution is 2.29. The second kappa shape index (κ2) is 10.3. The van der Waals surface area contributed by atoms with E-state index in [9.17, 15) is 16.8 Å². The fourth-order valence-corrected chi connectivity index (χ4v) is 6.50. The van der Waals surface area contributed by atoms with E-state index in [-0.39, 0.29) is 22.4 Å². The van der Waals surface area contributed by atoms with Gasteiger partial charge in [-0.05, 0) is 42.7 Å². The van der Waals surface area contributed by atoms with Crippen LogP contribution in [0.2, 0.25) is 0 Å². The number of pyridine rings is 1. The van der Waals surface area contributed by atoms with Gasteiger partial charge < -0.3 is 9.64 Å². The molecule has 3 aromatic rings. The van der Waals surface area contributed by atoms with Crippen LogP contribution in [0.1, 0.15) is 18.4 Å². The Bertz CT molecular complexity index is 1380. The van der Waals surface area contributed by atoms with Crippen LogP contribution in [0.5, 0.6) is 5.88 Å². The summed E-state index contributed by atoms with van der Waals surface area (Å²) in [6, 6.07) is 10.4. The first kappa shape index (κ1) is 25.0. The molecule has 35 heavy (non-hydrogen) atoms. The lowest BCUT2D eigenvalue weighted by atomic mass is 10.0. The van der Waals surface area contributed by atoms with Gasteiger partial charge in [0.1, 0.15) is 0 Å². The molecule has 0 amide bonds. The van der Waals surface area contributed by atoms with Gasteiger partial charge >= 0.3 is 0 Å². The molecule has 10 nitrogen and oxygen atoms in total. The van der Waals surface area contributed by atoms with Crippen molar-refractivity contribution in [3.05, 3.63) is 66.6 Å². The minimum atomic E-state index is -4.00. The first-order valence-corrected chi connectivity index (χ1v) is 14.3. The number of benzene rings is 1. The van der Waals surface area contributed by atoms with Gasteiger partial charge in [0.2, 0.25) is 21.9 Å². The van der Waals surface area contributed by atoms with Gasteiger partial charge in [0.05, 0.1) is 16.9 Å². The van der Waals surface area contributed by atoms with Crippen LogP contribution in [0.4, 0.5) is 5.95 Å². The van der Waals surface area contributed by atoms with Crippen molar-refractivity contribution in [2.75, 3.05) is 31.4 Å². The van der Waals surface area contributed by atoms with Crippen LogP contribution in [-0.4, -0.2) is 68.6 Å². The minimum Gasteiger partial charge on any atom is -0.481 e. The summed E-state index contributed by atoms with van der Waals surface area (Å²) in [5.41, 5.74) is 0.744. The predicted molar refractivity (Wildman–Crippen MR) is 130 cm³/mol. The molecule has 1 aliphatic rings. The van der Waals surface area contributed by atoms with Gasteiger partial charge in [0.15, 0.2) is 9.84 Å². The number of sulfone groups is 1. The van der Waals surface area contributed by atoms with Crippen LogP contribution in [0.25, 0.3) is 0 Å². The Morgan fingerprint density at radius 2 is 1.77 bits per heavy atom. The summed E-state index contributed by atoms with van der Waals surface area (Å²) in [6.45, 7) is 1.24. The highest BCUT2D eigenvalue weighted by atomic mass is 32.2. The van der Waals surface area contributed by atoms with Gasteiger partial charge in [-0.3, -0.25) is 4.98 Å². The van der Waals surface area contributed by atoms with Gasteiger partial charge in [0.25, 0.3) is 0 Å². The van der Waals surface area contributed by atoms with E-state index in [2.05, 4.69) is 15.0 Å². The van der Waals surface area contributed by atoms with E-state index in [4.69, 9.17) is 4.74 Å². The summed E-state index contributed by atoms with van der Waals surface area (Å²) in [5, 5.41) is 0. The molecule has 0 saturated carbocycles. The number of piperidine rings is 1.